The smallest absolute Gasteiger partial charge is 0.0468 e. The Balaban J connectivity index is 1.06. The van der Waals surface area contributed by atoms with Crippen LogP contribution in [0.3, 0.4) is 0 Å². The Kier molecular flexibility index (Phi) is 10.2. The molecule has 14 rings (SSSR count). The molecule has 366 valence electrons. The fourth-order valence-corrected chi connectivity index (χ4v) is 14.7. The van der Waals surface area contributed by atoms with E-state index < -0.39 is 10.8 Å². The van der Waals surface area contributed by atoms with Crippen LogP contribution in [-0.4, -0.2) is 0 Å². The number of para-hydroxylation sites is 2. The van der Waals surface area contributed by atoms with Crippen LogP contribution in [-0.2, 0) is 10.8 Å². The number of hydrogen-bond acceptors (Lipinski definition) is 2. The highest BCUT2D eigenvalue weighted by Gasteiger charge is 2.70. The van der Waals surface area contributed by atoms with Crippen LogP contribution in [0.5, 0.6) is 0 Å². The van der Waals surface area contributed by atoms with Crippen molar-refractivity contribution >= 4 is 77.2 Å². The second kappa shape index (κ2) is 16.9. The summed E-state index contributed by atoms with van der Waals surface area (Å²) in [6.45, 7) is 15.1. The maximum absolute atomic E-state index is 2.59. The monoisotopic (exact) mass is 976 g/mol. The first kappa shape index (κ1) is 45.9. The maximum Gasteiger partial charge on any atom is 0.0468 e. The van der Waals surface area contributed by atoms with Gasteiger partial charge < -0.3 is 9.80 Å². The molecule has 0 heterocycles. The molecule has 0 saturated heterocycles. The first-order valence-corrected chi connectivity index (χ1v) is 27.0. The molecule has 2 aliphatic rings. The summed E-state index contributed by atoms with van der Waals surface area (Å²) in [5.74, 6) is 0. The normalized spacial score (nSPS) is 16.7. The highest BCUT2D eigenvalue weighted by atomic mass is 15.1. The van der Waals surface area contributed by atoms with Crippen LogP contribution >= 0.6 is 0 Å². The minimum absolute atomic E-state index is 0.344. The van der Waals surface area contributed by atoms with E-state index in [1.807, 2.05) is 0 Å². The molecule has 0 aromatic heterocycles. The third kappa shape index (κ3) is 6.46. The van der Waals surface area contributed by atoms with Crippen LogP contribution in [0.4, 0.5) is 34.1 Å². The lowest BCUT2D eigenvalue weighted by Gasteiger charge is -2.62. The Bertz CT molecular complexity index is 3990. The van der Waals surface area contributed by atoms with Crippen molar-refractivity contribution in [2.75, 3.05) is 9.80 Å². The lowest BCUT2D eigenvalue weighted by molar-refractivity contribution is 0.0594. The Morgan fingerprint density at radius 1 is 0.237 bits per heavy atom. The minimum Gasteiger partial charge on any atom is -0.310 e. The van der Waals surface area contributed by atoms with Crippen LogP contribution in [0.15, 0.2) is 255 Å². The van der Waals surface area contributed by atoms with Gasteiger partial charge in [-0.25, -0.2) is 0 Å². The summed E-state index contributed by atoms with van der Waals surface area (Å²) in [5, 5.41) is 9.97. The minimum atomic E-state index is -0.610. The molecule has 0 radical (unpaired) electrons. The number of rotatable bonds is 7. The zero-order valence-corrected chi connectivity index (χ0v) is 44.1. The Morgan fingerprint density at radius 2 is 0.539 bits per heavy atom. The van der Waals surface area contributed by atoms with Gasteiger partial charge in [0.25, 0.3) is 0 Å². The van der Waals surface area contributed by atoms with E-state index in [1.165, 1.54) is 87.6 Å². The summed E-state index contributed by atoms with van der Waals surface area (Å²) in [6.07, 6.45) is 0. The molecule has 12 aromatic carbocycles. The lowest BCUT2D eigenvalue weighted by atomic mass is 9.39. The fourth-order valence-electron chi connectivity index (χ4n) is 14.7. The standard InChI is InChI=1S/C74H60N2/c1-71(2,3)73(67-31-19-17-29-61(67)63-43-41-57(47-69(63)73)75(53-23-9-7-10-24-53)55-39-37-51-35-33-49-21-13-15-27-59(49)65(51)45-55)74(72(4,5)6)68-32-20-18-30-62(68)64-44-42-58(48-70(64)74)76(54-25-11-8-12-26-54)56-40-38-52-36-34-50-22-14-16-28-60(50)66(52)46-56/h7-48H,1-6H3. The number of benzene rings is 12. The Morgan fingerprint density at radius 3 is 0.947 bits per heavy atom. The first-order chi connectivity index (χ1) is 37.0. The zero-order valence-electron chi connectivity index (χ0n) is 44.1. The second-order valence-electron chi connectivity index (χ2n) is 23.3. The van der Waals surface area contributed by atoms with Gasteiger partial charge in [0.1, 0.15) is 0 Å². The molecule has 0 N–H and O–H groups in total. The molecule has 76 heavy (non-hydrogen) atoms. The van der Waals surface area contributed by atoms with Gasteiger partial charge in [-0.3, -0.25) is 0 Å². The molecule has 0 spiro atoms. The molecule has 0 bridgehead atoms. The van der Waals surface area contributed by atoms with E-state index in [2.05, 4.69) is 306 Å². The van der Waals surface area contributed by atoms with Gasteiger partial charge >= 0.3 is 0 Å². The molecule has 0 amide bonds. The van der Waals surface area contributed by atoms with E-state index in [9.17, 15) is 0 Å². The summed E-state index contributed by atoms with van der Waals surface area (Å²) in [4.78, 5) is 4.97. The van der Waals surface area contributed by atoms with Crippen molar-refractivity contribution in [3.63, 3.8) is 0 Å². The highest BCUT2D eigenvalue weighted by Crippen LogP contribution is 2.75. The van der Waals surface area contributed by atoms with Crippen LogP contribution in [0.25, 0.3) is 65.3 Å². The van der Waals surface area contributed by atoms with Crippen LogP contribution in [0.2, 0.25) is 0 Å². The molecular formula is C74H60N2. The Hall–Kier alpha value is -8.72. The SMILES string of the molecule is CC(C)(C)C1(C2(C(C)(C)C)c3ccccc3-c3ccc(N(c4ccccc4)c4ccc5ccc6ccccc6c5c4)cc32)c2ccccc2-c2ccc(N(c3ccccc3)c3ccc4ccc5ccccc5c4c3)cc21. The van der Waals surface area contributed by atoms with Gasteiger partial charge in [0.2, 0.25) is 0 Å². The van der Waals surface area contributed by atoms with Gasteiger partial charge in [-0.2, -0.15) is 0 Å². The quantitative estimate of drug-likeness (QED) is 0.147. The summed E-state index contributed by atoms with van der Waals surface area (Å²) in [6, 6.07) is 96.1. The van der Waals surface area contributed by atoms with Crippen molar-refractivity contribution in [1.82, 2.24) is 0 Å². The van der Waals surface area contributed by atoms with Gasteiger partial charge in [0.15, 0.2) is 0 Å². The number of anilines is 6. The largest absolute Gasteiger partial charge is 0.310 e. The van der Waals surface area contributed by atoms with Crippen molar-refractivity contribution in [1.29, 1.82) is 0 Å². The number of nitrogens with zero attached hydrogens (tertiary/aromatic N) is 2. The van der Waals surface area contributed by atoms with Gasteiger partial charge in [-0.15, -0.1) is 0 Å². The van der Waals surface area contributed by atoms with E-state index in [-0.39, 0.29) is 10.8 Å². The fraction of sp³-hybridized carbons (Fsp3) is 0.135. The van der Waals surface area contributed by atoms with Crippen molar-refractivity contribution in [3.8, 4) is 22.3 Å². The number of hydrogen-bond donors (Lipinski definition) is 0. The highest BCUT2D eigenvalue weighted by molar-refractivity contribution is 6.10. The Labute approximate surface area is 447 Å². The summed E-state index contributed by atoms with van der Waals surface area (Å²) >= 11 is 0. The van der Waals surface area contributed by atoms with Crippen molar-refractivity contribution in [2.24, 2.45) is 10.8 Å². The van der Waals surface area contributed by atoms with Crippen molar-refractivity contribution in [2.45, 2.75) is 52.4 Å². The number of fused-ring (bicyclic) bond motifs is 12. The van der Waals surface area contributed by atoms with E-state index in [1.54, 1.807) is 0 Å². The van der Waals surface area contributed by atoms with Gasteiger partial charge in [0.05, 0.1) is 0 Å². The summed E-state index contributed by atoms with van der Waals surface area (Å²) in [5.41, 5.74) is 15.5. The molecule has 0 aliphatic heterocycles. The van der Waals surface area contributed by atoms with Crippen LogP contribution in [0.1, 0.15) is 63.8 Å². The summed E-state index contributed by atoms with van der Waals surface area (Å²) in [7, 11) is 0. The molecule has 2 atom stereocenters. The first-order valence-electron chi connectivity index (χ1n) is 27.0. The van der Waals surface area contributed by atoms with Crippen molar-refractivity contribution in [3.05, 3.63) is 277 Å². The van der Waals surface area contributed by atoms with Gasteiger partial charge in [0, 0.05) is 45.0 Å². The van der Waals surface area contributed by atoms with Gasteiger partial charge in [-0.1, -0.05) is 224 Å². The van der Waals surface area contributed by atoms with Crippen LogP contribution in [0, 0.1) is 10.8 Å². The second-order valence-corrected chi connectivity index (χ2v) is 23.3. The van der Waals surface area contributed by atoms with E-state index >= 15 is 0 Å². The average molecular weight is 977 g/mol. The molecule has 12 aromatic rings. The third-order valence-corrected chi connectivity index (χ3v) is 17.4. The van der Waals surface area contributed by atoms with E-state index in [4.69, 9.17) is 0 Å². The third-order valence-electron chi connectivity index (χ3n) is 17.4. The maximum atomic E-state index is 2.59. The molecular weight excluding hydrogens is 917 g/mol. The molecule has 2 aliphatic carbocycles. The lowest BCUT2D eigenvalue weighted by Crippen LogP contribution is -2.62. The molecule has 2 heteroatoms. The van der Waals surface area contributed by atoms with Gasteiger partial charge in [-0.05, 0) is 171 Å². The van der Waals surface area contributed by atoms with E-state index in [0.717, 1.165) is 34.1 Å². The van der Waals surface area contributed by atoms with Crippen molar-refractivity contribution < 1.29 is 0 Å². The predicted molar refractivity (Wildman–Crippen MR) is 324 cm³/mol. The molecule has 2 unspecified atom stereocenters. The molecule has 0 fully saturated rings. The molecule has 0 saturated carbocycles. The average Bonchev–Trinajstić information content (AvgIpc) is 3.95. The molecule has 2 nitrogen and oxygen atoms in total. The zero-order chi connectivity index (χ0) is 51.6. The summed E-state index contributed by atoms with van der Waals surface area (Å²) < 4.78 is 0. The predicted octanol–water partition coefficient (Wildman–Crippen LogP) is 20.6. The topological polar surface area (TPSA) is 6.48 Å². The van der Waals surface area contributed by atoms with E-state index in [0.29, 0.717) is 0 Å². The van der Waals surface area contributed by atoms with Crippen LogP contribution < -0.4 is 9.80 Å².